The molecule has 0 N–H and O–H groups in total. The van der Waals surface area contributed by atoms with Gasteiger partial charge in [-0.1, -0.05) is 12.1 Å². The number of ether oxygens (including phenoxy) is 1. The third-order valence-electron chi connectivity index (χ3n) is 7.09. The van der Waals surface area contributed by atoms with Crippen molar-refractivity contribution in [2.45, 2.75) is 38.4 Å². The van der Waals surface area contributed by atoms with Gasteiger partial charge in [0.2, 0.25) is 0 Å². The highest BCUT2D eigenvalue weighted by molar-refractivity contribution is 7.18. The average Bonchev–Trinajstić information content (AvgIpc) is 3.52. The number of anilines is 1. The molecule has 0 saturated carbocycles. The number of fused-ring (bicyclic) bond motifs is 2. The molecule has 3 aromatic rings. The van der Waals surface area contributed by atoms with Crippen molar-refractivity contribution in [1.29, 1.82) is 0 Å². The zero-order valence-corrected chi connectivity index (χ0v) is 19.2. The fraction of sp³-hybridized carbons (Fsp3) is 0.458. The summed E-state index contributed by atoms with van der Waals surface area (Å²) in [6.07, 6.45) is -1.28. The first-order chi connectivity index (χ1) is 16.3. The Morgan fingerprint density at radius 3 is 2.82 bits per heavy atom. The van der Waals surface area contributed by atoms with Gasteiger partial charge in [-0.2, -0.15) is 13.2 Å². The van der Waals surface area contributed by atoms with Crippen LogP contribution in [0.1, 0.15) is 28.8 Å². The second kappa shape index (κ2) is 7.91. The van der Waals surface area contributed by atoms with Crippen molar-refractivity contribution in [2.24, 2.45) is 5.41 Å². The monoisotopic (exact) mass is 488 g/mol. The van der Waals surface area contributed by atoms with Crippen molar-refractivity contribution in [1.82, 2.24) is 14.9 Å². The number of carbonyl (C=O) groups is 1. The van der Waals surface area contributed by atoms with Gasteiger partial charge in [0, 0.05) is 42.0 Å². The van der Waals surface area contributed by atoms with Crippen LogP contribution in [0.5, 0.6) is 5.75 Å². The van der Waals surface area contributed by atoms with Crippen LogP contribution in [0.2, 0.25) is 0 Å². The summed E-state index contributed by atoms with van der Waals surface area (Å²) in [4.78, 5) is 25.7. The van der Waals surface area contributed by atoms with Crippen LogP contribution < -0.4 is 9.64 Å². The number of hydrogen-bond donors (Lipinski definition) is 0. The standard InChI is InChI=1S/C24H23F3N4O2S/c25-24(26,27)10-17-9-18-21(28-14-29-22(18)34-17)31-6-4-23(13-31)3-5-30(12-23)11-15-1-2-16-8-20(32)33-19(16)7-15/h1-2,7,9,14H,3-6,8,10-13H2. The normalized spacial score (nSPS) is 22.8. The molecule has 6 nitrogen and oxygen atoms in total. The molecule has 3 aliphatic rings. The van der Waals surface area contributed by atoms with E-state index in [4.69, 9.17) is 4.74 Å². The third-order valence-corrected chi connectivity index (χ3v) is 8.13. The number of thiophene rings is 1. The van der Waals surface area contributed by atoms with Crippen molar-refractivity contribution in [3.8, 4) is 5.75 Å². The van der Waals surface area contributed by atoms with Crippen LogP contribution in [-0.4, -0.2) is 53.2 Å². The molecule has 10 heteroatoms. The van der Waals surface area contributed by atoms with Crippen molar-refractivity contribution < 1.29 is 22.7 Å². The largest absolute Gasteiger partial charge is 0.426 e. The molecular formula is C24H23F3N4O2S. The number of hydrogen-bond acceptors (Lipinski definition) is 7. The fourth-order valence-electron chi connectivity index (χ4n) is 5.55. The SMILES string of the molecule is O=C1Cc2ccc(CN3CCC4(CCN(c5ncnc6sc(CC(F)(F)F)cc56)C4)C3)cc2O1. The summed E-state index contributed by atoms with van der Waals surface area (Å²) in [7, 11) is 0. The highest BCUT2D eigenvalue weighted by atomic mass is 32.1. The number of halogens is 3. The lowest BCUT2D eigenvalue weighted by atomic mass is 9.86. The lowest BCUT2D eigenvalue weighted by molar-refractivity contribution is -0.132. The molecule has 6 rings (SSSR count). The number of aromatic nitrogens is 2. The minimum atomic E-state index is -4.24. The van der Waals surface area contributed by atoms with Gasteiger partial charge < -0.3 is 9.64 Å². The lowest BCUT2D eigenvalue weighted by Gasteiger charge is -2.25. The smallest absolute Gasteiger partial charge is 0.393 e. The van der Waals surface area contributed by atoms with E-state index in [1.54, 1.807) is 6.07 Å². The molecule has 1 aromatic carbocycles. The molecule has 2 fully saturated rings. The Labute approximate surface area is 198 Å². The highest BCUT2D eigenvalue weighted by Crippen LogP contribution is 2.43. The summed E-state index contributed by atoms with van der Waals surface area (Å²) < 4.78 is 43.9. The summed E-state index contributed by atoms with van der Waals surface area (Å²) in [6, 6.07) is 7.63. The first kappa shape index (κ1) is 21.8. The molecular weight excluding hydrogens is 465 g/mol. The van der Waals surface area contributed by atoms with E-state index >= 15 is 0 Å². The summed E-state index contributed by atoms with van der Waals surface area (Å²) in [5.74, 6) is 1.22. The molecule has 0 bridgehead atoms. The lowest BCUT2D eigenvalue weighted by Crippen LogP contribution is -2.31. The molecule has 0 radical (unpaired) electrons. The Kier molecular flexibility index (Phi) is 5.07. The van der Waals surface area contributed by atoms with Crippen molar-refractivity contribution in [3.05, 3.63) is 46.6 Å². The van der Waals surface area contributed by atoms with Crippen LogP contribution in [0.4, 0.5) is 19.0 Å². The van der Waals surface area contributed by atoms with Crippen LogP contribution in [-0.2, 0) is 24.2 Å². The molecule has 34 heavy (non-hydrogen) atoms. The maximum absolute atomic E-state index is 12.9. The summed E-state index contributed by atoms with van der Waals surface area (Å²) in [5, 5.41) is 0.714. The molecule has 2 saturated heterocycles. The minimum absolute atomic E-state index is 0.144. The molecule has 1 atom stereocenters. The van der Waals surface area contributed by atoms with E-state index in [-0.39, 0.29) is 16.3 Å². The third kappa shape index (κ3) is 4.13. The molecule has 178 valence electrons. The molecule has 5 heterocycles. The van der Waals surface area contributed by atoms with Gasteiger partial charge in [0.1, 0.15) is 22.7 Å². The van der Waals surface area contributed by atoms with Crippen LogP contribution >= 0.6 is 11.3 Å². The van der Waals surface area contributed by atoms with Gasteiger partial charge in [0.05, 0.1) is 18.2 Å². The van der Waals surface area contributed by atoms with Crippen LogP contribution in [0.15, 0.2) is 30.6 Å². The maximum Gasteiger partial charge on any atom is 0.393 e. The molecule has 1 unspecified atom stereocenters. The van der Waals surface area contributed by atoms with E-state index in [0.717, 1.165) is 73.8 Å². The first-order valence-corrected chi connectivity index (χ1v) is 12.2. The summed E-state index contributed by atoms with van der Waals surface area (Å²) in [5.41, 5.74) is 2.22. The first-order valence-electron chi connectivity index (χ1n) is 11.4. The van der Waals surface area contributed by atoms with E-state index in [1.165, 1.54) is 6.33 Å². The Balaban J connectivity index is 1.15. The number of benzene rings is 1. The summed E-state index contributed by atoms with van der Waals surface area (Å²) in [6.45, 7) is 4.41. The second-order valence-electron chi connectivity index (χ2n) is 9.65. The molecule has 2 aromatic heterocycles. The van der Waals surface area contributed by atoms with Gasteiger partial charge in [-0.3, -0.25) is 9.69 Å². The van der Waals surface area contributed by atoms with Crippen LogP contribution in [0, 0.1) is 5.41 Å². The van der Waals surface area contributed by atoms with Crippen LogP contribution in [0.25, 0.3) is 10.2 Å². The number of likely N-dealkylation sites (tertiary alicyclic amines) is 1. The van der Waals surface area contributed by atoms with Crippen molar-refractivity contribution in [2.75, 3.05) is 31.1 Å². The zero-order chi connectivity index (χ0) is 23.5. The number of rotatable bonds is 4. The van der Waals surface area contributed by atoms with Crippen molar-refractivity contribution >= 4 is 33.3 Å². The highest BCUT2D eigenvalue weighted by Gasteiger charge is 2.44. The van der Waals surface area contributed by atoms with Gasteiger partial charge in [0.25, 0.3) is 0 Å². The number of alkyl halides is 3. The van der Waals surface area contributed by atoms with Gasteiger partial charge >= 0.3 is 12.1 Å². The van der Waals surface area contributed by atoms with Gasteiger partial charge in [-0.15, -0.1) is 11.3 Å². The Morgan fingerprint density at radius 1 is 1.12 bits per heavy atom. The Morgan fingerprint density at radius 2 is 1.97 bits per heavy atom. The predicted molar refractivity (Wildman–Crippen MR) is 122 cm³/mol. The van der Waals surface area contributed by atoms with E-state index < -0.39 is 12.6 Å². The maximum atomic E-state index is 12.9. The Hall–Kier alpha value is -2.72. The second-order valence-corrected chi connectivity index (χ2v) is 10.8. The number of nitrogens with zero attached hydrogens (tertiary/aromatic N) is 4. The van der Waals surface area contributed by atoms with E-state index in [0.29, 0.717) is 22.4 Å². The molecule has 0 aliphatic carbocycles. The van der Waals surface area contributed by atoms with Gasteiger partial charge in [-0.25, -0.2) is 9.97 Å². The van der Waals surface area contributed by atoms with E-state index in [2.05, 4.69) is 25.8 Å². The summed E-state index contributed by atoms with van der Waals surface area (Å²) >= 11 is 1.09. The minimum Gasteiger partial charge on any atom is -0.426 e. The molecule has 3 aliphatic heterocycles. The average molecular weight is 489 g/mol. The van der Waals surface area contributed by atoms with E-state index in [1.807, 2.05) is 12.1 Å². The van der Waals surface area contributed by atoms with Gasteiger partial charge in [0.15, 0.2) is 0 Å². The fourth-order valence-corrected chi connectivity index (χ4v) is 6.57. The molecule has 0 amide bonds. The van der Waals surface area contributed by atoms with Gasteiger partial charge in [-0.05, 0) is 37.1 Å². The van der Waals surface area contributed by atoms with Crippen molar-refractivity contribution in [3.63, 3.8) is 0 Å². The Bertz CT molecular complexity index is 1280. The van der Waals surface area contributed by atoms with Crippen LogP contribution in [0.3, 0.4) is 0 Å². The zero-order valence-electron chi connectivity index (χ0n) is 18.4. The topological polar surface area (TPSA) is 58.6 Å². The molecule has 1 spiro atoms. The number of esters is 1. The van der Waals surface area contributed by atoms with E-state index in [9.17, 15) is 18.0 Å². The predicted octanol–water partition coefficient (Wildman–Crippen LogP) is 4.36. The number of carbonyl (C=O) groups excluding carboxylic acids is 1. The quantitative estimate of drug-likeness (QED) is 0.402.